The van der Waals surface area contributed by atoms with Crippen molar-refractivity contribution in [3.63, 3.8) is 0 Å². The number of amides is 1. The van der Waals surface area contributed by atoms with Gasteiger partial charge in [-0.1, -0.05) is 18.2 Å². The van der Waals surface area contributed by atoms with Crippen molar-refractivity contribution in [3.05, 3.63) is 69.8 Å². The summed E-state index contributed by atoms with van der Waals surface area (Å²) < 4.78 is 0. The van der Waals surface area contributed by atoms with E-state index in [0.717, 1.165) is 5.71 Å². The zero-order valence-electron chi connectivity index (χ0n) is 12.9. The molecule has 2 aromatic rings. The molecular weight excluding hydrogens is 310 g/mol. The van der Waals surface area contributed by atoms with E-state index in [1.165, 1.54) is 29.3 Å². The summed E-state index contributed by atoms with van der Waals surface area (Å²) in [7, 11) is 0. The molecule has 0 radical (unpaired) electrons. The number of benzene rings is 2. The lowest BCUT2D eigenvalue weighted by Gasteiger charge is -2.22. The van der Waals surface area contributed by atoms with Gasteiger partial charge < -0.3 is 5.11 Å². The molecule has 2 aromatic carbocycles. The van der Waals surface area contributed by atoms with Gasteiger partial charge in [-0.25, -0.2) is 5.01 Å². The first-order chi connectivity index (χ1) is 11.5. The van der Waals surface area contributed by atoms with Crippen molar-refractivity contribution in [3.8, 4) is 5.75 Å². The molecule has 0 saturated carbocycles. The van der Waals surface area contributed by atoms with Gasteiger partial charge in [-0.15, -0.1) is 0 Å². The number of carbonyl (C=O) groups excluding carboxylic acids is 1. The van der Waals surface area contributed by atoms with Crippen LogP contribution in [0.25, 0.3) is 0 Å². The molecule has 0 aromatic heterocycles. The lowest BCUT2D eigenvalue weighted by Crippen LogP contribution is -2.27. The minimum absolute atomic E-state index is 0.0788. The number of nitro benzene ring substituents is 1. The van der Waals surface area contributed by atoms with Gasteiger partial charge in [-0.3, -0.25) is 14.9 Å². The summed E-state index contributed by atoms with van der Waals surface area (Å²) in [5.41, 5.74) is 1.62. The summed E-state index contributed by atoms with van der Waals surface area (Å²) in [6.07, 6.45) is 0.524. The molecule has 1 N–H and O–H groups in total. The van der Waals surface area contributed by atoms with Gasteiger partial charge in [0.1, 0.15) is 5.75 Å². The third-order valence-corrected chi connectivity index (χ3v) is 3.89. The van der Waals surface area contributed by atoms with Crippen LogP contribution < -0.4 is 0 Å². The second kappa shape index (κ2) is 6.11. The molecule has 7 nitrogen and oxygen atoms in total. The van der Waals surface area contributed by atoms with Crippen LogP contribution in [0.1, 0.15) is 35.3 Å². The van der Waals surface area contributed by atoms with Gasteiger partial charge >= 0.3 is 0 Å². The summed E-state index contributed by atoms with van der Waals surface area (Å²) in [6.45, 7) is 1.82. The Balaban J connectivity index is 1.92. The number of phenols is 1. The van der Waals surface area contributed by atoms with Crippen molar-refractivity contribution in [2.45, 2.75) is 19.4 Å². The Kier molecular flexibility index (Phi) is 3.99. The average Bonchev–Trinajstić information content (AvgIpc) is 2.96. The monoisotopic (exact) mass is 325 g/mol. The number of hydrogen-bond donors (Lipinski definition) is 1. The summed E-state index contributed by atoms with van der Waals surface area (Å²) in [6, 6.07) is 11.8. The molecule has 1 aliphatic rings. The van der Waals surface area contributed by atoms with E-state index in [4.69, 9.17) is 0 Å². The van der Waals surface area contributed by atoms with Crippen LogP contribution in [-0.2, 0) is 0 Å². The summed E-state index contributed by atoms with van der Waals surface area (Å²) in [5, 5.41) is 26.4. The molecular formula is C17H15N3O4. The van der Waals surface area contributed by atoms with E-state index >= 15 is 0 Å². The molecule has 0 fully saturated rings. The van der Waals surface area contributed by atoms with Gasteiger partial charge in [0.05, 0.1) is 11.0 Å². The van der Waals surface area contributed by atoms with E-state index in [-0.39, 0.29) is 17.3 Å². The second-order valence-electron chi connectivity index (χ2n) is 5.57. The van der Waals surface area contributed by atoms with Gasteiger partial charge in [-0.05, 0) is 25.1 Å². The van der Waals surface area contributed by atoms with E-state index in [9.17, 15) is 20.0 Å². The summed E-state index contributed by atoms with van der Waals surface area (Å²) in [5.74, 6) is -0.260. The highest BCUT2D eigenvalue weighted by molar-refractivity contribution is 5.97. The first-order valence-electron chi connectivity index (χ1n) is 7.37. The van der Waals surface area contributed by atoms with Crippen LogP contribution in [0.15, 0.2) is 53.6 Å². The van der Waals surface area contributed by atoms with E-state index in [0.29, 0.717) is 17.5 Å². The Labute approximate surface area is 138 Å². The topological polar surface area (TPSA) is 96.0 Å². The lowest BCUT2D eigenvalue weighted by molar-refractivity contribution is -0.384. The molecule has 0 aliphatic carbocycles. The molecule has 3 rings (SSSR count). The number of aromatic hydroxyl groups is 1. The fourth-order valence-electron chi connectivity index (χ4n) is 2.72. The normalized spacial score (nSPS) is 16.8. The van der Waals surface area contributed by atoms with Crippen LogP contribution in [0.3, 0.4) is 0 Å². The maximum Gasteiger partial charge on any atom is 0.274 e. The zero-order chi connectivity index (χ0) is 17.3. The quantitative estimate of drug-likeness (QED) is 0.692. The Morgan fingerprint density at radius 2 is 1.92 bits per heavy atom. The number of hydrazone groups is 1. The number of para-hydroxylation sites is 1. The van der Waals surface area contributed by atoms with Crippen molar-refractivity contribution in [2.24, 2.45) is 5.10 Å². The fourth-order valence-corrected chi connectivity index (χ4v) is 2.72. The van der Waals surface area contributed by atoms with Gasteiger partial charge in [0.25, 0.3) is 11.6 Å². The fraction of sp³-hybridized carbons (Fsp3) is 0.176. The largest absolute Gasteiger partial charge is 0.508 e. The molecule has 0 spiro atoms. The number of nitro groups is 1. The minimum Gasteiger partial charge on any atom is -0.508 e. The van der Waals surface area contributed by atoms with Crippen molar-refractivity contribution < 1.29 is 14.8 Å². The highest BCUT2D eigenvalue weighted by Gasteiger charge is 2.33. The number of phenolic OH excluding ortho intramolecular Hbond substituents is 1. The van der Waals surface area contributed by atoms with Gasteiger partial charge in [0, 0.05) is 35.4 Å². The Bertz CT molecular complexity index is 830. The Morgan fingerprint density at radius 1 is 1.25 bits per heavy atom. The van der Waals surface area contributed by atoms with Crippen LogP contribution in [0, 0.1) is 10.1 Å². The molecule has 7 heteroatoms. The maximum atomic E-state index is 12.7. The third kappa shape index (κ3) is 2.83. The van der Waals surface area contributed by atoms with E-state index in [1.807, 2.05) is 6.92 Å². The summed E-state index contributed by atoms with van der Waals surface area (Å²) >= 11 is 0. The number of nitrogens with zero attached hydrogens (tertiary/aromatic N) is 3. The van der Waals surface area contributed by atoms with E-state index in [2.05, 4.69) is 5.10 Å². The molecule has 24 heavy (non-hydrogen) atoms. The molecule has 1 atom stereocenters. The van der Waals surface area contributed by atoms with Gasteiger partial charge in [-0.2, -0.15) is 5.10 Å². The highest BCUT2D eigenvalue weighted by Crippen LogP contribution is 2.36. The van der Waals surface area contributed by atoms with E-state index in [1.54, 1.807) is 24.3 Å². The SMILES string of the molecule is CC1=NN(C(=O)c2ccc([N+](=O)[O-])cc2)C(c2ccccc2O)C1. The molecule has 0 saturated heterocycles. The first-order valence-corrected chi connectivity index (χ1v) is 7.37. The average molecular weight is 325 g/mol. The third-order valence-electron chi connectivity index (χ3n) is 3.89. The lowest BCUT2D eigenvalue weighted by atomic mass is 10.0. The Morgan fingerprint density at radius 3 is 2.54 bits per heavy atom. The van der Waals surface area contributed by atoms with Gasteiger partial charge in [0.15, 0.2) is 0 Å². The van der Waals surface area contributed by atoms with Gasteiger partial charge in [0.2, 0.25) is 0 Å². The smallest absolute Gasteiger partial charge is 0.274 e. The predicted octanol–water partition coefficient (Wildman–Crippen LogP) is 3.26. The van der Waals surface area contributed by atoms with E-state index < -0.39 is 11.0 Å². The highest BCUT2D eigenvalue weighted by atomic mass is 16.6. The van der Waals surface area contributed by atoms with Crippen LogP contribution >= 0.6 is 0 Å². The second-order valence-corrected chi connectivity index (χ2v) is 5.57. The zero-order valence-corrected chi connectivity index (χ0v) is 12.9. The number of non-ortho nitro benzene ring substituents is 1. The standard InChI is InChI=1S/C17H15N3O4/c1-11-10-15(14-4-2-3-5-16(14)21)19(18-11)17(22)12-6-8-13(9-7-12)20(23)24/h2-9,15,21H,10H2,1H3. The van der Waals surface area contributed by atoms with Crippen molar-refractivity contribution >= 4 is 17.3 Å². The number of hydrogen-bond acceptors (Lipinski definition) is 5. The van der Waals surface area contributed by atoms with Crippen LogP contribution in [0.5, 0.6) is 5.75 Å². The predicted molar refractivity (Wildman–Crippen MR) is 87.8 cm³/mol. The first kappa shape index (κ1) is 15.7. The molecule has 1 amide bonds. The summed E-state index contributed by atoms with van der Waals surface area (Å²) in [4.78, 5) is 22.9. The number of rotatable bonds is 3. The van der Waals surface area contributed by atoms with Crippen molar-refractivity contribution in [1.29, 1.82) is 0 Å². The molecule has 122 valence electrons. The molecule has 1 heterocycles. The van der Waals surface area contributed by atoms with Crippen LogP contribution in [-0.4, -0.2) is 26.7 Å². The van der Waals surface area contributed by atoms with Crippen LogP contribution in [0.4, 0.5) is 5.69 Å². The number of carbonyl (C=O) groups is 1. The maximum absolute atomic E-state index is 12.7. The van der Waals surface area contributed by atoms with Crippen molar-refractivity contribution in [2.75, 3.05) is 0 Å². The minimum atomic E-state index is -0.517. The molecule has 1 aliphatic heterocycles. The van der Waals surface area contributed by atoms with Crippen LogP contribution in [0.2, 0.25) is 0 Å². The molecule has 1 unspecified atom stereocenters. The van der Waals surface area contributed by atoms with Crippen molar-refractivity contribution in [1.82, 2.24) is 5.01 Å². The Hall–Kier alpha value is -3.22. The molecule has 0 bridgehead atoms.